The van der Waals surface area contributed by atoms with Crippen molar-refractivity contribution in [3.63, 3.8) is 0 Å². The van der Waals surface area contributed by atoms with E-state index >= 15 is 0 Å². The van der Waals surface area contributed by atoms with E-state index in [2.05, 4.69) is 21.3 Å². The zero-order chi connectivity index (χ0) is 16.1. The first-order chi connectivity index (χ1) is 11.2. The second kappa shape index (κ2) is 7.62. The van der Waals surface area contributed by atoms with E-state index in [4.69, 9.17) is 9.15 Å². The number of aromatic nitrogens is 1. The predicted molar refractivity (Wildman–Crippen MR) is 89.5 cm³/mol. The minimum Gasteiger partial charge on any atom is -0.476 e. The maximum Gasteiger partial charge on any atom is 0.213 e. The highest BCUT2D eigenvalue weighted by molar-refractivity contribution is 5.25. The zero-order valence-electron chi connectivity index (χ0n) is 13.9. The van der Waals surface area contributed by atoms with Crippen LogP contribution in [0.3, 0.4) is 0 Å². The molecule has 0 fully saturated rings. The molecule has 1 N–H and O–H groups in total. The fraction of sp³-hybridized carbons (Fsp3) is 0.500. The van der Waals surface area contributed by atoms with Crippen LogP contribution in [0.15, 0.2) is 35.1 Å². The minimum atomic E-state index is 0.378. The van der Waals surface area contributed by atoms with Gasteiger partial charge >= 0.3 is 0 Å². The minimum absolute atomic E-state index is 0.378. The lowest BCUT2D eigenvalue weighted by atomic mass is 9.93. The molecule has 2 aromatic rings. The van der Waals surface area contributed by atoms with E-state index in [1.165, 1.54) is 17.5 Å². The number of aryl methyl sites for hydroxylation is 1. The summed E-state index contributed by atoms with van der Waals surface area (Å²) in [6, 6.07) is 6.52. The molecule has 5 heteroatoms. The molecule has 3 rings (SSSR count). The third kappa shape index (κ3) is 4.33. The van der Waals surface area contributed by atoms with Crippen LogP contribution in [-0.4, -0.2) is 37.1 Å². The standard InChI is InChI=1S/C18H25N3O2/c1-21(2)9-11-23-18-12-14(6-8-19-18)13-20-16-4-3-5-17-15(16)7-10-22-17/h6-8,10,12,16,20H,3-5,9,11,13H2,1-2H3/t16-/m0/s1. The first-order valence-electron chi connectivity index (χ1n) is 8.24. The molecule has 0 aliphatic heterocycles. The van der Waals surface area contributed by atoms with E-state index in [9.17, 15) is 0 Å². The molecule has 2 aromatic heterocycles. The van der Waals surface area contributed by atoms with Crippen LogP contribution in [0.25, 0.3) is 0 Å². The van der Waals surface area contributed by atoms with E-state index in [0.717, 1.165) is 31.7 Å². The monoisotopic (exact) mass is 315 g/mol. The van der Waals surface area contributed by atoms with Gasteiger partial charge in [0.25, 0.3) is 0 Å². The highest BCUT2D eigenvalue weighted by Crippen LogP contribution is 2.30. The summed E-state index contributed by atoms with van der Waals surface area (Å²) in [4.78, 5) is 6.37. The molecule has 2 heterocycles. The number of ether oxygens (including phenoxy) is 1. The number of pyridine rings is 1. The Morgan fingerprint density at radius 1 is 1.39 bits per heavy atom. The van der Waals surface area contributed by atoms with Gasteiger partial charge in [0.1, 0.15) is 12.4 Å². The van der Waals surface area contributed by atoms with Crippen molar-refractivity contribution in [2.45, 2.75) is 31.8 Å². The van der Waals surface area contributed by atoms with E-state index in [1.54, 1.807) is 6.26 Å². The summed E-state index contributed by atoms with van der Waals surface area (Å²) in [7, 11) is 4.07. The number of nitrogens with zero attached hydrogens (tertiary/aromatic N) is 2. The van der Waals surface area contributed by atoms with Gasteiger partial charge in [0.15, 0.2) is 0 Å². The molecule has 0 spiro atoms. The average molecular weight is 315 g/mol. The van der Waals surface area contributed by atoms with E-state index in [-0.39, 0.29) is 0 Å². The molecule has 1 aliphatic rings. The molecule has 1 aliphatic carbocycles. The van der Waals surface area contributed by atoms with Crippen molar-refractivity contribution in [2.24, 2.45) is 0 Å². The number of hydrogen-bond donors (Lipinski definition) is 1. The summed E-state index contributed by atoms with van der Waals surface area (Å²) in [6.45, 7) is 2.34. The molecule has 0 bridgehead atoms. The Bertz CT molecular complexity index is 624. The molecular weight excluding hydrogens is 290 g/mol. The second-order valence-corrected chi connectivity index (χ2v) is 6.28. The first kappa shape index (κ1) is 16.0. The van der Waals surface area contributed by atoms with Gasteiger partial charge in [-0.25, -0.2) is 4.98 Å². The van der Waals surface area contributed by atoms with Crippen LogP contribution in [-0.2, 0) is 13.0 Å². The summed E-state index contributed by atoms with van der Waals surface area (Å²) >= 11 is 0. The van der Waals surface area contributed by atoms with Gasteiger partial charge in [0.2, 0.25) is 5.88 Å². The van der Waals surface area contributed by atoms with Gasteiger partial charge in [-0.3, -0.25) is 0 Å². The van der Waals surface area contributed by atoms with Crippen LogP contribution in [0, 0.1) is 0 Å². The topological polar surface area (TPSA) is 50.5 Å². The average Bonchev–Trinajstić information content (AvgIpc) is 3.02. The van der Waals surface area contributed by atoms with Crippen LogP contribution in [0.4, 0.5) is 0 Å². The van der Waals surface area contributed by atoms with Gasteiger partial charge in [0.05, 0.1) is 6.26 Å². The van der Waals surface area contributed by atoms with Crippen molar-refractivity contribution in [2.75, 3.05) is 27.2 Å². The summed E-state index contributed by atoms with van der Waals surface area (Å²) in [5.74, 6) is 1.83. The SMILES string of the molecule is CN(C)CCOc1cc(CN[C@H]2CCCc3occc32)ccn1. The Labute approximate surface area is 137 Å². The van der Waals surface area contributed by atoms with Crippen LogP contribution in [0.1, 0.15) is 35.8 Å². The summed E-state index contributed by atoms with van der Waals surface area (Å²) < 4.78 is 11.2. The zero-order valence-corrected chi connectivity index (χ0v) is 13.9. The normalized spacial score (nSPS) is 17.3. The lowest BCUT2D eigenvalue weighted by Gasteiger charge is -2.23. The van der Waals surface area contributed by atoms with Crippen LogP contribution in [0.5, 0.6) is 5.88 Å². The summed E-state index contributed by atoms with van der Waals surface area (Å²) in [5.41, 5.74) is 2.50. The molecule has 0 amide bonds. The van der Waals surface area contributed by atoms with Gasteiger partial charge in [-0.15, -0.1) is 0 Å². The quantitative estimate of drug-likeness (QED) is 0.851. The number of fused-ring (bicyclic) bond motifs is 1. The number of hydrogen-bond acceptors (Lipinski definition) is 5. The van der Waals surface area contributed by atoms with E-state index in [0.29, 0.717) is 18.5 Å². The molecule has 0 saturated heterocycles. The van der Waals surface area contributed by atoms with Crippen molar-refractivity contribution in [3.8, 4) is 5.88 Å². The Balaban J connectivity index is 1.55. The predicted octanol–water partition coefficient (Wildman–Crippen LogP) is 2.78. The van der Waals surface area contributed by atoms with E-state index in [1.807, 2.05) is 32.4 Å². The molecule has 0 unspecified atom stereocenters. The van der Waals surface area contributed by atoms with Gasteiger partial charge in [0, 0.05) is 43.4 Å². The van der Waals surface area contributed by atoms with Crippen molar-refractivity contribution >= 4 is 0 Å². The summed E-state index contributed by atoms with van der Waals surface area (Å²) in [5, 5.41) is 3.63. The van der Waals surface area contributed by atoms with Crippen molar-refractivity contribution in [1.29, 1.82) is 0 Å². The van der Waals surface area contributed by atoms with Crippen LogP contribution >= 0.6 is 0 Å². The maximum atomic E-state index is 5.70. The number of rotatable bonds is 7. The smallest absolute Gasteiger partial charge is 0.213 e. The number of nitrogens with one attached hydrogen (secondary N) is 1. The van der Waals surface area contributed by atoms with Crippen molar-refractivity contribution < 1.29 is 9.15 Å². The highest BCUT2D eigenvalue weighted by atomic mass is 16.5. The van der Waals surface area contributed by atoms with Gasteiger partial charge in [-0.2, -0.15) is 0 Å². The molecular formula is C18H25N3O2. The third-order valence-corrected chi connectivity index (χ3v) is 4.19. The molecule has 1 atom stereocenters. The molecule has 0 aromatic carbocycles. The maximum absolute atomic E-state index is 5.70. The van der Waals surface area contributed by atoms with Crippen molar-refractivity contribution in [1.82, 2.24) is 15.2 Å². The third-order valence-electron chi connectivity index (χ3n) is 4.19. The van der Waals surface area contributed by atoms with Gasteiger partial charge < -0.3 is 19.4 Å². The Kier molecular flexibility index (Phi) is 5.31. The lowest BCUT2D eigenvalue weighted by Crippen LogP contribution is -2.24. The second-order valence-electron chi connectivity index (χ2n) is 6.28. The highest BCUT2D eigenvalue weighted by Gasteiger charge is 2.21. The largest absolute Gasteiger partial charge is 0.476 e. The lowest BCUT2D eigenvalue weighted by molar-refractivity contribution is 0.253. The van der Waals surface area contributed by atoms with E-state index < -0.39 is 0 Å². The van der Waals surface area contributed by atoms with Crippen LogP contribution < -0.4 is 10.1 Å². The Morgan fingerprint density at radius 2 is 2.30 bits per heavy atom. The van der Waals surface area contributed by atoms with Crippen LogP contribution in [0.2, 0.25) is 0 Å². The van der Waals surface area contributed by atoms with Gasteiger partial charge in [-0.1, -0.05) is 0 Å². The van der Waals surface area contributed by atoms with Gasteiger partial charge in [-0.05, 0) is 44.6 Å². The first-order valence-corrected chi connectivity index (χ1v) is 8.24. The molecule has 124 valence electrons. The van der Waals surface area contributed by atoms with Crippen molar-refractivity contribution in [3.05, 3.63) is 47.5 Å². The number of likely N-dealkylation sites (N-methyl/N-ethyl adjacent to an activating group) is 1. The molecule has 0 saturated carbocycles. The molecule has 23 heavy (non-hydrogen) atoms. The fourth-order valence-corrected chi connectivity index (χ4v) is 2.91. The Morgan fingerprint density at radius 3 is 3.17 bits per heavy atom. The Hall–Kier alpha value is -1.85. The number of furan rings is 1. The fourth-order valence-electron chi connectivity index (χ4n) is 2.91. The molecule has 0 radical (unpaired) electrons. The molecule has 5 nitrogen and oxygen atoms in total. The summed E-state index contributed by atoms with van der Waals surface area (Å²) in [6.07, 6.45) is 7.00.